The van der Waals surface area contributed by atoms with E-state index in [1.54, 1.807) is 6.26 Å². The number of piperazine rings is 2. The predicted molar refractivity (Wildman–Crippen MR) is 62.4 cm³/mol. The molecule has 0 spiro atoms. The number of carbonyl (C=O) groups is 1. The monoisotopic (exact) mass is 235 g/mol. The molecular weight excluding hydrogens is 218 g/mol. The van der Waals surface area contributed by atoms with E-state index in [1.165, 1.54) is 0 Å². The van der Waals surface area contributed by atoms with Gasteiger partial charge >= 0.3 is 0 Å². The Balaban J connectivity index is 1.69. The molecule has 5 heteroatoms. The number of rotatable bonds is 2. The molecular formula is C12H17N3O2. The zero-order valence-corrected chi connectivity index (χ0v) is 9.76. The highest BCUT2D eigenvalue weighted by atomic mass is 16.3. The second-order valence-corrected chi connectivity index (χ2v) is 4.60. The van der Waals surface area contributed by atoms with Crippen molar-refractivity contribution in [3.8, 4) is 0 Å². The molecule has 2 aliphatic heterocycles. The lowest BCUT2D eigenvalue weighted by molar-refractivity contribution is -0.143. The summed E-state index contributed by atoms with van der Waals surface area (Å²) in [5, 5.41) is 3.28. The van der Waals surface area contributed by atoms with Crippen molar-refractivity contribution < 1.29 is 9.21 Å². The van der Waals surface area contributed by atoms with Crippen LogP contribution in [0.4, 0.5) is 0 Å². The zero-order chi connectivity index (χ0) is 11.7. The molecule has 3 heterocycles. The Morgan fingerprint density at radius 2 is 2.35 bits per heavy atom. The van der Waals surface area contributed by atoms with Gasteiger partial charge in [-0.15, -0.1) is 0 Å². The molecule has 5 nitrogen and oxygen atoms in total. The van der Waals surface area contributed by atoms with E-state index in [-0.39, 0.29) is 11.9 Å². The fraction of sp³-hybridized carbons (Fsp3) is 0.583. The van der Waals surface area contributed by atoms with E-state index in [4.69, 9.17) is 4.42 Å². The van der Waals surface area contributed by atoms with Gasteiger partial charge < -0.3 is 14.6 Å². The van der Waals surface area contributed by atoms with E-state index in [1.807, 2.05) is 17.0 Å². The van der Waals surface area contributed by atoms with Crippen LogP contribution in [0.15, 0.2) is 22.8 Å². The molecule has 2 aliphatic rings. The van der Waals surface area contributed by atoms with Crippen molar-refractivity contribution in [3.05, 3.63) is 24.2 Å². The van der Waals surface area contributed by atoms with Crippen molar-refractivity contribution in [3.63, 3.8) is 0 Å². The lowest BCUT2D eigenvalue weighted by Gasteiger charge is -2.43. The maximum Gasteiger partial charge on any atom is 0.241 e. The third-order valence-corrected chi connectivity index (χ3v) is 3.53. The number of carbonyl (C=O) groups excluding carboxylic acids is 1. The summed E-state index contributed by atoms with van der Waals surface area (Å²) in [4.78, 5) is 16.5. The molecule has 0 bridgehead atoms. The van der Waals surface area contributed by atoms with Crippen LogP contribution in [0, 0.1) is 0 Å². The van der Waals surface area contributed by atoms with Gasteiger partial charge in [-0.1, -0.05) is 0 Å². The first-order valence-electron chi connectivity index (χ1n) is 6.10. The highest BCUT2D eigenvalue weighted by Gasteiger charge is 2.36. The number of furan rings is 1. The molecule has 3 rings (SSSR count). The van der Waals surface area contributed by atoms with Crippen LogP contribution in [0.3, 0.4) is 0 Å². The normalized spacial score (nSPS) is 26.0. The summed E-state index contributed by atoms with van der Waals surface area (Å²) in [5.41, 5.74) is 0. The molecule has 2 fully saturated rings. The molecule has 0 aromatic carbocycles. The fourth-order valence-electron chi connectivity index (χ4n) is 2.58. The van der Waals surface area contributed by atoms with Crippen LogP contribution in [0.25, 0.3) is 0 Å². The van der Waals surface area contributed by atoms with Crippen LogP contribution in [0.1, 0.15) is 5.76 Å². The van der Waals surface area contributed by atoms with Crippen molar-refractivity contribution in [2.75, 3.05) is 32.7 Å². The summed E-state index contributed by atoms with van der Waals surface area (Å²) in [7, 11) is 0. The van der Waals surface area contributed by atoms with Crippen molar-refractivity contribution >= 4 is 5.91 Å². The van der Waals surface area contributed by atoms with E-state index in [0.29, 0.717) is 6.54 Å². The lowest BCUT2D eigenvalue weighted by atomic mass is 10.1. The van der Waals surface area contributed by atoms with E-state index >= 15 is 0 Å². The number of nitrogens with zero attached hydrogens (tertiary/aromatic N) is 2. The largest absolute Gasteiger partial charge is 0.467 e. The summed E-state index contributed by atoms with van der Waals surface area (Å²) in [6.07, 6.45) is 1.65. The van der Waals surface area contributed by atoms with Crippen LogP contribution >= 0.6 is 0 Å². The van der Waals surface area contributed by atoms with Crippen LogP contribution in [-0.2, 0) is 11.3 Å². The Morgan fingerprint density at radius 1 is 1.41 bits per heavy atom. The van der Waals surface area contributed by atoms with Gasteiger partial charge in [-0.2, -0.15) is 0 Å². The van der Waals surface area contributed by atoms with E-state index in [0.717, 1.165) is 38.5 Å². The number of hydrogen-bond acceptors (Lipinski definition) is 4. The number of nitrogens with one attached hydrogen (secondary N) is 1. The summed E-state index contributed by atoms with van der Waals surface area (Å²) >= 11 is 0. The minimum Gasteiger partial charge on any atom is -0.467 e. The van der Waals surface area contributed by atoms with Crippen molar-refractivity contribution in [1.29, 1.82) is 0 Å². The molecule has 1 aromatic heterocycles. The Hall–Kier alpha value is -1.33. The Bertz CT molecular complexity index is 390. The fourth-order valence-corrected chi connectivity index (χ4v) is 2.58. The minimum absolute atomic E-state index is 0.0208. The molecule has 2 saturated heterocycles. The molecule has 17 heavy (non-hydrogen) atoms. The van der Waals surface area contributed by atoms with Gasteiger partial charge in [-0.05, 0) is 12.1 Å². The molecule has 1 atom stereocenters. The number of hydrogen-bond donors (Lipinski definition) is 1. The Labute approximate surface area is 100 Å². The predicted octanol–water partition coefficient (Wildman–Crippen LogP) is -0.104. The summed E-state index contributed by atoms with van der Waals surface area (Å²) < 4.78 is 5.30. The minimum atomic E-state index is 0.0208. The van der Waals surface area contributed by atoms with Gasteiger partial charge in [0.1, 0.15) is 11.8 Å². The second kappa shape index (κ2) is 4.50. The van der Waals surface area contributed by atoms with Gasteiger partial charge in [0.15, 0.2) is 0 Å². The van der Waals surface area contributed by atoms with Gasteiger partial charge in [-0.3, -0.25) is 9.69 Å². The molecule has 0 aliphatic carbocycles. The quantitative estimate of drug-likeness (QED) is 0.777. The summed E-state index contributed by atoms with van der Waals surface area (Å²) in [5.74, 6) is 1.08. The molecule has 0 radical (unpaired) electrons. The summed E-state index contributed by atoms with van der Waals surface area (Å²) in [6.45, 7) is 5.10. The first kappa shape index (κ1) is 10.8. The van der Waals surface area contributed by atoms with Gasteiger partial charge in [0.2, 0.25) is 5.91 Å². The maximum absolute atomic E-state index is 12.3. The number of fused-ring (bicyclic) bond motifs is 1. The van der Waals surface area contributed by atoms with E-state index < -0.39 is 0 Å². The Morgan fingerprint density at radius 3 is 3.18 bits per heavy atom. The van der Waals surface area contributed by atoms with Crippen molar-refractivity contribution in [2.45, 2.75) is 12.6 Å². The van der Waals surface area contributed by atoms with Crippen LogP contribution in [-0.4, -0.2) is 54.5 Å². The molecule has 0 saturated carbocycles. The highest BCUT2D eigenvalue weighted by molar-refractivity contribution is 5.83. The van der Waals surface area contributed by atoms with Crippen molar-refractivity contribution in [2.24, 2.45) is 0 Å². The first-order chi connectivity index (χ1) is 8.34. The van der Waals surface area contributed by atoms with Gasteiger partial charge in [-0.25, -0.2) is 0 Å². The number of amides is 1. The van der Waals surface area contributed by atoms with Gasteiger partial charge in [0.25, 0.3) is 0 Å². The van der Waals surface area contributed by atoms with E-state index in [2.05, 4.69) is 10.2 Å². The summed E-state index contributed by atoms with van der Waals surface area (Å²) in [6, 6.07) is 3.80. The maximum atomic E-state index is 12.3. The third kappa shape index (κ3) is 2.08. The standard InChI is InChI=1S/C12H17N3O2/c16-12-11-8-13-3-4-14(11)5-6-15(12)9-10-2-1-7-17-10/h1-2,7,11,13H,3-6,8-9H2. The van der Waals surface area contributed by atoms with Crippen LogP contribution in [0.2, 0.25) is 0 Å². The second-order valence-electron chi connectivity index (χ2n) is 4.60. The van der Waals surface area contributed by atoms with E-state index in [9.17, 15) is 4.79 Å². The molecule has 1 amide bonds. The zero-order valence-electron chi connectivity index (χ0n) is 9.76. The highest BCUT2D eigenvalue weighted by Crippen LogP contribution is 2.15. The van der Waals surface area contributed by atoms with Crippen molar-refractivity contribution in [1.82, 2.24) is 15.1 Å². The smallest absolute Gasteiger partial charge is 0.241 e. The molecule has 1 unspecified atom stereocenters. The topological polar surface area (TPSA) is 48.7 Å². The average molecular weight is 235 g/mol. The Kier molecular flexibility index (Phi) is 2.86. The third-order valence-electron chi connectivity index (χ3n) is 3.53. The van der Waals surface area contributed by atoms with Crippen LogP contribution in [0.5, 0.6) is 0 Å². The lowest BCUT2D eigenvalue weighted by Crippen LogP contribution is -2.63. The molecule has 1 aromatic rings. The molecule has 92 valence electrons. The molecule has 1 N–H and O–H groups in total. The van der Waals surface area contributed by atoms with Crippen LogP contribution < -0.4 is 5.32 Å². The first-order valence-corrected chi connectivity index (χ1v) is 6.10. The average Bonchev–Trinajstić information content (AvgIpc) is 2.86. The van der Waals surface area contributed by atoms with Gasteiger partial charge in [0, 0.05) is 32.7 Å². The van der Waals surface area contributed by atoms with Gasteiger partial charge in [0.05, 0.1) is 12.8 Å². The SMILES string of the molecule is O=C1C2CNCCN2CCN1Cc1ccco1.